The number of benzene rings is 1. The van der Waals surface area contributed by atoms with Crippen LogP contribution in [0.25, 0.3) is 0 Å². The van der Waals surface area contributed by atoms with Gasteiger partial charge in [0.1, 0.15) is 0 Å². The maximum absolute atomic E-state index is 12.3. The van der Waals surface area contributed by atoms with E-state index in [0.717, 1.165) is 36.8 Å². The summed E-state index contributed by atoms with van der Waals surface area (Å²) in [6.45, 7) is 4.20. The minimum atomic E-state index is 0.242. The summed E-state index contributed by atoms with van der Waals surface area (Å²) in [7, 11) is 0. The Morgan fingerprint density at radius 1 is 1.28 bits per heavy atom. The first-order chi connectivity index (χ1) is 8.69. The molecule has 18 heavy (non-hydrogen) atoms. The highest BCUT2D eigenvalue weighted by Crippen LogP contribution is 2.54. The van der Waals surface area contributed by atoms with Gasteiger partial charge in [0.2, 0.25) is 5.91 Å². The number of aryl methyl sites for hydroxylation is 2. The molecule has 0 saturated heterocycles. The molecular formula is C16H21NO. The normalized spacial score (nSPS) is 28.9. The number of anilines is 1. The molecule has 2 fully saturated rings. The van der Waals surface area contributed by atoms with Crippen molar-refractivity contribution >= 4 is 11.6 Å². The second kappa shape index (κ2) is 4.42. The largest absolute Gasteiger partial charge is 0.325 e. The van der Waals surface area contributed by atoms with Crippen LogP contribution in [0.1, 0.15) is 37.3 Å². The van der Waals surface area contributed by atoms with Crippen LogP contribution in [0, 0.1) is 24.7 Å². The molecule has 0 radical (unpaired) electrons. The van der Waals surface area contributed by atoms with E-state index in [0.29, 0.717) is 0 Å². The Labute approximate surface area is 109 Å². The van der Waals surface area contributed by atoms with E-state index in [1.54, 1.807) is 0 Å². The van der Waals surface area contributed by atoms with Crippen LogP contribution in [-0.4, -0.2) is 5.91 Å². The molecule has 2 aliphatic carbocycles. The lowest BCUT2D eigenvalue weighted by atomic mass is 10.0. The predicted octanol–water partition coefficient (Wildman–Crippen LogP) is 3.54. The molecule has 2 saturated carbocycles. The third kappa shape index (κ3) is 2.05. The standard InChI is InChI=1S/C16H21NO/c1-3-11-6-4-5-10(2)15(11)17-16(18)14-8-12-7-13(12)9-14/h4-6,12-14H,3,7-9H2,1-2H3,(H,17,18). The lowest BCUT2D eigenvalue weighted by molar-refractivity contribution is -0.120. The summed E-state index contributed by atoms with van der Waals surface area (Å²) in [5.74, 6) is 2.23. The third-order valence-corrected chi connectivity index (χ3v) is 4.60. The molecule has 0 heterocycles. The van der Waals surface area contributed by atoms with Gasteiger partial charge >= 0.3 is 0 Å². The smallest absolute Gasteiger partial charge is 0.227 e. The number of carbonyl (C=O) groups excluding carboxylic acids is 1. The zero-order chi connectivity index (χ0) is 12.7. The van der Waals surface area contributed by atoms with Crippen LogP contribution in [-0.2, 0) is 11.2 Å². The van der Waals surface area contributed by atoms with Gasteiger partial charge in [0, 0.05) is 11.6 Å². The van der Waals surface area contributed by atoms with Crippen molar-refractivity contribution in [2.75, 3.05) is 5.32 Å². The molecule has 0 bridgehead atoms. The Morgan fingerprint density at radius 3 is 2.67 bits per heavy atom. The van der Waals surface area contributed by atoms with E-state index in [1.165, 1.54) is 17.5 Å². The van der Waals surface area contributed by atoms with Crippen LogP contribution in [0.3, 0.4) is 0 Å². The summed E-state index contributed by atoms with van der Waals surface area (Å²) >= 11 is 0. The van der Waals surface area contributed by atoms with Gasteiger partial charge in [-0.15, -0.1) is 0 Å². The van der Waals surface area contributed by atoms with E-state index >= 15 is 0 Å². The zero-order valence-corrected chi connectivity index (χ0v) is 11.2. The van der Waals surface area contributed by atoms with Gasteiger partial charge in [0.05, 0.1) is 0 Å². The molecule has 2 atom stereocenters. The molecule has 0 aliphatic heterocycles. The number of rotatable bonds is 3. The molecule has 2 unspecified atom stereocenters. The number of hydrogen-bond acceptors (Lipinski definition) is 1. The maximum atomic E-state index is 12.3. The van der Waals surface area contributed by atoms with Crippen LogP contribution >= 0.6 is 0 Å². The summed E-state index contributed by atoms with van der Waals surface area (Å²) in [6.07, 6.45) is 4.56. The average molecular weight is 243 g/mol. The van der Waals surface area contributed by atoms with Gasteiger partial charge in [-0.2, -0.15) is 0 Å². The molecule has 96 valence electrons. The van der Waals surface area contributed by atoms with Gasteiger partial charge in [-0.1, -0.05) is 25.1 Å². The van der Waals surface area contributed by atoms with Crippen LogP contribution in [0.5, 0.6) is 0 Å². The fourth-order valence-electron chi connectivity index (χ4n) is 3.36. The number of carbonyl (C=O) groups is 1. The molecule has 0 spiro atoms. The van der Waals surface area contributed by atoms with E-state index in [-0.39, 0.29) is 11.8 Å². The molecule has 2 heteroatoms. The fourth-order valence-corrected chi connectivity index (χ4v) is 3.36. The lowest BCUT2D eigenvalue weighted by Gasteiger charge is -2.16. The van der Waals surface area contributed by atoms with Crippen molar-refractivity contribution in [2.24, 2.45) is 17.8 Å². The highest BCUT2D eigenvalue weighted by molar-refractivity contribution is 5.94. The Hall–Kier alpha value is -1.31. The van der Waals surface area contributed by atoms with Crippen LogP contribution in [0.4, 0.5) is 5.69 Å². The second-order valence-corrected chi connectivity index (χ2v) is 5.88. The van der Waals surface area contributed by atoms with Crippen LogP contribution in [0.15, 0.2) is 18.2 Å². The summed E-state index contributed by atoms with van der Waals surface area (Å²) in [5.41, 5.74) is 3.46. The van der Waals surface area contributed by atoms with Gasteiger partial charge in [-0.05, 0) is 55.6 Å². The number of fused-ring (bicyclic) bond motifs is 1. The first-order valence-corrected chi connectivity index (χ1v) is 7.08. The zero-order valence-electron chi connectivity index (χ0n) is 11.2. The second-order valence-electron chi connectivity index (χ2n) is 5.88. The molecule has 1 aromatic rings. The van der Waals surface area contributed by atoms with Crippen molar-refractivity contribution in [2.45, 2.75) is 39.5 Å². The highest BCUT2D eigenvalue weighted by Gasteiger charge is 2.48. The topological polar surface area (TPSA) is 29.1 Å². The number of para-hydroxylation sites is 1. The van der Waals surface area contributed by atoms with Gasteiger partial charge in [-0.3, -0.25) is 4.79 Å². The van der Waals surface area contributed by atoms with Crippen LogP contribution < -0.4 is 5.32 Å². The number of amides is 1. The quantitative estimate of drug-likeness (QED) is 0.864. The van der Waals surface area contributed by atoms with Crippen molar-refractivity contribution < 1.29 is 4.79 Å². The number of hydrogen-bond donors (Lipinski definition) is 1. The monoisotopic (exact) mass is 243 g/mol. The Bertz CT molecular complexity index is 470. The summed E-state index contributed by atoms with van der Waals surface area (Å²) < 4.78 is 0. The minimum absolute atomic E-state index is 0.242. The molecular weight excluding hydrogens is 222 g/mol. The van der Waals surface area contributed by atoms with E-state index in [1.807, 2.05) is 0 Å². The lowest BCUT2D eigenvalue weighted by Crippen LogP contribution is -2.22. The van der Waals surface area contributed by atoms with Crippen molar-refractivity contribution in [3.8, 4) is 0 Å². The first-order valence-electron chi connectivity index (χ1n) is 7.08. The van der Waals surface area contributed by atoms with Gasteiger partial charge in [-0.25, -0.2) is 0 Å². The van der Waals surface area contributed by atoms with E-state index in [9.17, 15) is 4.79 Å². The summed E-state index contributed by atoms with van der Waals surface area (Å²) in [4.78, 5) is 12.3. The van der Waals surface area contributed by atoms with Gasteiger partial charge < -0.3 is 5.32 Å². The molecule has 2 aliphatic rings. The van der Waals surface area contributed by atoms with Crippen molar-refractivity contribution in [1.82, 2.24) is 0 Å². The first kappa shape index (κ1) is 11.8. The SMILES string of the molecule is CCc1cccc(C)c1NC(=O)C1CC2CC2C1. The third-order valence-electron chi connectivity index (χ3n) is 4.60. The summed E-state index contributed by atoms with van der Waals surface area (Å²) in [5, 5.41) is 3.17. The van der Waals surface area contributed by atoms with Crippen molar-refractivity contribution in [1.29, 1.82) is 0 Å². The highest BCUT2D eigenvalue weighted by atomic mass is 16.1. The Kier molecular flexibility index (Phi) is 2.89. The Balaban J connectivity index is 1.73. The molecule has 2 nitrogen and oxygen atoms in total. The molecule has 1 amide bonds. The maximum Gasteiger partial charge on any atom is 0.227 e. The Morgan fingerprint density at radius 2 is 2.00 bits per heavy atom. The van der Waals surface area contributed by atoms with E-state index in [4.69, 9.17) is 0 Å². The predicted molar refractivity (Wildman–Crippen MR) is 73.5 cm³/mol. The molecule has 1 N–H and O–H groups in total. The van der Waals surface area contributed by atoms with Gasteiger partial charge in [0.15, 0.2) is 0 Å². The average Bonchev–Trinajstić information content (AvgIpc) is 2.98. The minimum Gasteiger partial charge on any atom is -0.325 e. The van der Waals surface area contributed by atoms with Gasteiger partial charge in [0.25, 0.3) is 0 Å². The molecule has 1 aromatic carbocycles. The summed E-state index contributed by atoms with van der Waals surface area (Å²) in [6, 6.07) is 6.24. The fraction of sp³-hybridized carbons (Fsp3) is 0.562. The van der Waals surface area contributed by atoms with E-state index in [2.05, 4.69) is 37.4 Å². The van der Waals surface area contributed by atoms with Crippen molar-refractivity contribution in [3.63, 3.8) is 0 Å². The molecule has 3 rings (SSSR count). The van der Waals surface area contributed by atoms with Crippen molar-refractivity contribution in [3.05, 3.63) is 29.3 Å². The number of nitrogens with one attached hydrogen (secondary N) is 1. The van der Waals surface area contributed by atoms with E-state index < -0.39 is 0 Å². The molecule has 0 aromatic heterocycles. The van der Waals surface area contributed by atoms with Crippen LogP contribution in [0.2, 0.25) is 0 Å².